The van der Waals surface area contributed by atoms with Crippen molar-refractivity contribution in [2.45, 2.75) is 92.9 Å². The molecule has 0 aliphatic carbocycles. The van der Waals surface area contributed by atoms with Crippen LogP contribution >= 0.6 is 0 Å². The van der Waals surface area contributed by atoms with Gasteiger partial charge >= 0.3 is 11.9 Å². The number of ether oxygens (including phenoxy) is 2. The fraction of sp³-hybridized carbons (Fsp3) is 0.588. The van der Waals surface area contributed by atoms with Gasteiger partial charge in [0.25, 0.3) is 0 Å². The van der Waals surface area contributed by atoms with Crippen LogP contribution in [0.2, 0.25) is 0 Å². The molecule has 0 aromatic heterocycles. The minimum atomic E-state index is -0.332. The van der Waals surface area contributed by atoms with Crippen LogP contribution in [0.15, 0.2) is 47.8 Å². The highest BCUT2D eigenvalue weighted by Gasteiger charge is 2.35. The molecular weight excluding hydrogens is 532 g/mol. The van der Waals surface area contributed by atoms with Gasteiger partial charge in [0, 0.05) is 60.9 Å². The first kappa shape index (κ1) is 33.1. The van der Waals surface area contributed by atoms with Crippen molar-refractivity contribution in [1.82, 2.24) is 0 Å². The Kier molecular flexibility index (Phi) is 11.5. The minimum Gasteiger partial charge on any atom is -0.466 e. The van der Waals surface area contributed by atoms with Gasteiger partial charge < -0.3 is 19.3 Å². The molecule has 42 heavy (non-hydrogen) atoms. The Balaban J connectivity index is 1.71. The topological polar surface area (TPSA) is 93.2 Å². The summed E-state index contributed by atoms with van der Waals surface area (Å²) in [5.41, 5.74) is 2.85. The summed E-state index contributed by atoms with van der Waals surface area (Å²) in [6.07, 6.45) is 7.48. The molecule has 0 bridgehead atoms. The van der Waals surface area contributed by atoms with Crippen LogP contribution in [-0.4, -0.2) is 49.8 Å². The molecule has 0 spiro atoms. The van der Waals surface area contributed by atoms with Crippen molar-refractivity contribution in [2.24, 2.45) is 10.8 Å². The van der Waals surface area contributed by atoms with Crippen LogP contribution in [0.3, 0.4) is 0 Å². The summed E-state index contributed by atoms with van der Waals surface area (Å²) in [5.74, 6) is -0.707. The van der Waals surface area contributed by atoms with E-state index in [0.717, 1.165) is 61.3 Å². The van der Waals surface area contributed by atoms with E-state index in [0.29, 0.717) is 13.2 Å². The van der Waals surface area contributed by atoms with E-state index in [1.807, 2.05) is 50.5 Å². The van der Waals surface area contributed by atoms with Gasteiger partial charge in [0.05, 0.1) is 26.1 Å². The first-order valence-corrected chi connectivity index (χ1v) is 15.3. The van der Waals surface area contributed by atoms with Gasteiger partial charge in [-0.2, -0.15) is 0 Å². The highest BCUT2D eigenvalue weighted by atomic mass is 16.5. The summed E-state index contributed by atoms with van der Waals surface area (Å²) < 4.78 is 10.3. The standard InChI is InChI=1S/C34H48N2O6/c1-7-21-41-31(39)15-13-29(37)27-23-35(19-17-33(27,3)4)25-9-11-26(12-10-25)36-20-18-34(5,6)28(24-36)30(38)14-16-32(40)42-22-8-2/h9-12,23-24H,7-8,13-22H2,1-6H3. The molecule has 0 atom stereocenters. The molecule has 1 aromatic carbocycles. The van der Waals surface area contributed by atoms with Crippen molar-refractivity contribution in [2.75, 3.05) is 36.1 Å². The maximum atomic E-state index is 13.1. The first-order valence-electron chi connectivity index (χ1n) is 15.3. The van der Waals surface area contributed by atoms with Crippen LogP contribution in [0.25, 0.3) is 0 Å². The highest BCUT2D eigenvalue weighted by molar-refractivity contribution is 5.99. The van der Waals surface area contributed by atoms with Gasteiger partial charge in [-0.25, -0.2) is 0 Å². The van der Waals surface area contributed by atoms with Gasteiger partial charge in [0.2, 0.25) is 0 Å². The summed E-state index contributed by atoms with van der Waals surface area (Å²) >= 11 is 0. The van der Waals surface area contributed by atoms with Gasteiger partial charge in [0.1, 0.15) is 0 Å². The lowest BCUT2D eigenvalue weighted by Crippen LogP contribution is -2.35. The van der Waals surface area contributed by atoms with Crippen molar-refractivity contribution in [3.05, 3.63) is 47.8 Å². The SMILES string of the molecule is CCCOC(=O)CCC(=O)C1=CN(c2ccc(N3C=C(C(=O)CCC(=O)OCCC)C(C)(C)CC3)cc2)CCC1(C)C. The van der Waals surface area contributed by atoms with E-state index in [9.17, 15) is 19.2 Å². The summed E-state index contributed by atoms with van der Waals surface area (Å²) in [6, 6.07) is 8.14. The summed E-state index contributed by atoms with van der Waals surface area (Å²) in [5, 5.41) is 0. The zero-order valence-corrected chi connectivity index (χ0v) is 26.3. The number of Topliss-reactive ketones (excluding diaryl/α,β-unsaturated/α-hetero) is 2. The molecule has 0 unspecified atom stereocenters. The van der Waals surface area contributed by atoms with Gasteiger partial charge in [-0.1, -0.05) is 41.5 Å². The number of allylic oxidation sites excluding steroid dienone is 2. The Morgan fingerprint density at radius 1 is 0.643 bits per heavy atom. The van der Waals surface area contributed by atoms with Crippen molar-refractivity contribution in [3.8, 4) is 0 Å². The third kappa shape index (κ3) is 8.79. The lowest BCUT2D eigenvalue weighted by Gasteiger charge is -2.38. The van der Waals surface area contributed by atoms with Crippen molar-refractivity contribution < 1.29 is 28.7 Å². The Morgan fingerprint density at radius 3 is 1.33 bits per heavy atom. The molecule has 0 N–H and O–H groups in total. The van der Waals surface area contributed by atoms with Gasteiger partial charge in [0.15, 0.2) is 11.6 Å². The van der Waals surface area contributed by atoms with Crippen LogP contribution in [0, 0.1) is 10.8 Å². The van der Waals surface area contributed by atoms with E-state index in [2.05, 4.69) is 37.5 Å². The molecule has 2 aliphatic rings. The van der Waals surface area contributed by atoms with Gasteiger partial charge in [-0.15, -0.1) is 0 Å². The van der Waals surface area contributed by atoms with E-state index in [1.165, 1.54) is 0 Å². The Hall–Kier alpha value is -3.42. The van der Waals surface area contributed by atoms with Gasteiger partial charge in [-0.05, 0) is 60.8 Å². The minimum absolute atomic E-state index is 0.0216. The van der Waals surface area contributed by atoms with Crippen molar-refractivity contribution in [1.29, 1.82) is 0 Å². The summed E-state index contributed by atoms with van der Waals surface area (Å²) in [7, 11) is 0. The number of anilines is 2. The molecule has 2 heterocycles. The van der Waals surface area contributed by atoms with Crippen LogP contribution in [0.4, 0.5) is 11.4 Å². The second kappa shape index (κ2) is 14.7. The monoisotopic (exact) mass is 580 g/mol. The number of nitrogens with zero attached hydrogens (tertiary/aromatic N) is 2. The zero-order valence-electron chi connectivity index (χ0n) is 26.3. The Bertz CT molecular complexity index is 1100. The van der Waals surface area contributed by atoms with E-state index >= 15 is 0 Å². The number of hydrogen-bond acceptors (Lipinski definition) is 8. The third-order valence-corrected chi connectivity index (χ3v) is 8.14. The number of ketones is 2. The van der Waals surface area contributed by atoms with Crippen LogP contribution in [0.1, 0.15) is 92.9 Å². The molecule has 0 saturated heterocycles. The lowest BCUT2D eigenvalue weighted by molar-refractivity contribution is -0.145. The number of carbonyl (C=O) groups excluding carboxylic acids is 4. The molecule has 0 saturated carbocycles. The normalized spacial score (nSPS) is 17.7. The third-order valence-electron chi connectivity index (χ3n) is 8.14. The average Bonchev–Trinajstić information content (AvgIpc) is 2.96. The van der Waals surface area contributed by atoms with Crippen LogP contribution in [0.5, 0.6) is 0 Å². The second-order valence-corrected chi connectivity index (χ2v) is 12.5. The number of benzene rings is 1. The number of carbonyl (C=O) groups is 4. The molecule has 8 nitrogen and oxygen atoms in total. The second-order valence-electron chi connectivity index (χ2n) is 12.5. The average molecular weight is 581 g/mol. The molecule has 0 radical (unpaired) electrons. The predicted molar refractivity (Wildman–Crippen MR) is 165 cm³/mol. The number of hydrogen-bond donors (Lipinski definition) is 0. The largest absolute Gasteiger partial charge is 0.466 e. The Morgan fingerprint density at radius 2 is 1.00 bits per heavy atom. The first-order chi connectivity index (χ1) is 19.9. The van der Waals surface area contributed by atoms with E-state index in [1.54, 1.807) is 0 Å². The van der Waals surface area contributed by atoms with E-state index < -0.39 is 0 Å². The van der Waals surface area contributed by atoms with Crippen LogP contribution < -0.4 is 9.80 Å². The lowest BCUT2D eigenvalue weighted by atomic mass is 9.76. The van der Waals surface area contributed by atoms with E-state index in [-0.39, 0.29) is 60.0 Å². The molecular formula is C34H48N2O6. The summed E-state index contributed by atoms with van der Waals surface area (Å²) in [4.78, 5) is 54.3. The predicted octanol–water partition coefficient (Wildman–Crippen LogP) is 6.53. The molecule has 8 heteroatoms. The van der Waals surface area contributed by atoms with Crippen LogP contribution in [-0.2, 0) is 28.7 Å². The van der Waals surface area contributed by atoms with Gasteiger partial charge in [-0.3, -0.25) is 19.2 Å². The van der Waals surface area contributed by atoms with Crippen molar-refractivity contribution in [3.63, 3.8) is 0 Å². The molecule has 3 rings (SSSR count). The quantitative estimate of drug-likeness (QED) is 0.229. The molecule has 1 aromatic rings. The van der Waals surface area contributed by atoms with E-state index in [4.69, 9.17) is 9.47 Å². The molecule has 0 amide bonds. The summed E-state index contributed by atoms with van der Waals surface area (Å²) in [6.45, 7) is 14.5. The number of esters is 2. The fourth-order valence-corrected chi connectivity index (χ4v) is 5.28. The molecule has 2 aliphatic heterocycles. The molecule has 0 fully saturated rings. The fourth-order valence-electron chi connectivity index (χ4n) is 5.28. The van der Waals surface area contributed by atoms with Crippen molar-refractivity contribution >= 4 is 34.9 Å². The molecule has 230 valence electrons. The maximum Gasteiger partial charge on any atom is 0.306 e. The smallest absolute Gasteiger partial charge is 0.306 e. The maximum absolute atomic E-state index is 13.1. The zero-order chi connectivity index (χ0) is 30.9. The Labute approximate surface area is 251 Å². The number of rotatable bonds is 14. The highest BCUT2D eigenvalue weighted by Crippen LogP contribution is 2.39.